The Morgan fingerprint density at radius 1 is 0.500 bits per heavy atom. The molecule has 0 aromatic rings. The maximum absolute atomic E-state index is 6.23. The standard InChI is InChI=1S/C25H51N/c1-3-5-7-9-10-11-12-13-14-15-16-17-18-20-22-24-25(26)23-21-19-8-6-4-2/h13-14,25H,3-12,15-24,26H2,1-2H3/b14-13-. The lowest BCUT2D eigenvalue weighted by Crippen LogP contribution is -2.19. The van der Waals surface area contributed by atoms with Gasteiger partial charge in [-0.05, 0) is 38.5 Å². The molecule has 0 radical (unpaired) electrons. The second-order valence-corrected chi connectivity index (χ2v) is 8.34. The first kappa shape index (κ1) is 25.7. The molecule has 0 aromatic heterocycles. The van der Waals surface area contributed by atoms with Gasteiger partial charge in [0.05, 0.1) is 0 Å². The van der Waals surface area contributed by atoms with Gasteiger partial charge in [0.2, 0.25) is 0 Å². The van der Waals surface area contributed by atoms with E-state index in [0.717, 1.165) is 0 Å². The fourth-order valence-corrected chi connectivity index (χ4v) is 3.63. The van der Waals surface area contributed by atoms with Crippen LogP contribution in [0.5, 0.6) is 0 Å². The number of allylic oxidation sites excluding steroid dienone is 2. The minimum absolute atomic E-state index is 0.460. The molecule has 1 unspecified atom stereocenters. The largest absolute Gasteiger partial charge is 0.328 e. The van der Waals surface area contributed by atoms with Gasteiger partial charge in [-0.1, -0.05) is 116 Å². The van der Waals surface area contributed by atoms with E-state index in [9.17, 15) is 0 Å². The van der Waals surface area contributed by atoms with Gasteiger partial charge in [0, 0.05) is 6.04 Å². The third-order valence-corrected chi connectivity index (χ3v) is 5.52. The zero-order valence-electron chi connectivity index (χ0n) is 18.5. The van der Waals surface area contributed by atoms with Crippen molar-refractivity contribution in [1.29, 1.82) is 0 Å². The average Bonchev–Trinajstić information content (AvgIpc) is 2.64. The summed E-state index contributed by atoms with van der Waals surface area (Å²) < 4.78 is 0. The van der Waals surface area contributed by atoms with E-state index in [4.69, 9.17) is 5.73 Å². The minimum Gasteiger partial charge on any atom is -0.328 e. The third kappa shape index (κ3) is 21.7. The summed E-state index contributed by atoms with van der Waals surface area (Å²) in [7, 11) is 0. The average molecular weight is 366 g/mol. The lowest BCUT2D eigenvalue weighted by atomic mass is 10.0. The van der Waals surface area contributed by atoms with Crippen molar-refractivity contribution < 1.29 is 0 Å². The zero-order chi connectivity index (χ0) is 19.1. The van der Waals surface area contributed by atoms with Crippen LogP contribution in [0.3, 0.4) is 0 Å². The molecule has 0 saturated heterocycles. The van der Waals surface area contributed by atoms with E-state index in [1.54, 1.807) is 0 Å². The Morgan fingerprint density at radius 2 is 0.846 bits per heavy atom. The van der Waals surface area contributed by atoms with E-state index >= 15 is 0 Å². The molecule has 1 atom stereocenters. The molecule has 0 heterocycles. The topological polar surface area (TPSA) is 26.0 Å². The molecule has 1 heteroatoms. The van der Waals surface area contributed by atoms with Crippen LogP contribution in [0.1, 0.15) is 142 Å². The molecule has 0 spiro atoms. The molecule has 1 nitrogen and oxygen atoms in total. The molecule has 0 bridgehead atoms. The number of hydrogen-bond donors (Lipinski definition) is 1. The van der Waals surface area contributed by atoms with Gasteiger partial charge in [0.15, 0.2) is 0 Å². The van der Waals surface area contributed by atoms with E-state index < -0.39 is 0 Å². The summed E-state index contributed by atoms with van der Waals surface area (Å²) in [6, 6.07) is 0.460. The van der Waals surface area contributed by atoms with Gasteiger partial charge < -0.3 is 5.73 Å². The van der Waals surface area contributed by atoms with Crippen molar-refractivity contribution in [3.63, 3.8) is 0 Å². The first-order valence-corrected chi connectivity index (χ1v) is 12.2. The van der Waals surface area contributed by atoms with Gasteiger partial charge in [-0.2, -0.15) is 0 Å². The van der Waals surface area contributed by atoms with Crippen molar-refractivity contribution in [3.05, 3.63) is 12.2 Å². The van der Waals surface area contributed by atoms with E-state index in [1.807, 2.05) is 0 Å². The predicted octanol–water partition coefficient (Wildman–Crippen LogP) is 8.71. The molecule has 0 amide bonds. The van der Waals surface area contributed by atoms with Crippen LogP contribution in [-0.2, 0) is 0 Å². The lowest BCUT2D eigenvalue weighted by Gasteiger charge is -2.11. The Kier molecular flexibility index (Phi) is 22.5. The second kappa shape index (κ2) is 22.7. The van der Waals surface area contributed by atoms with E-state index in [0.29, 0.717) is 6.04 Å². The van der Waals surface area contributed by atoms with E-state index in [-0.39, 0.29) is 0 Å². The maximum atomic E-state index is 6.23. The van der Waals surface area contributed by atoms with Gasteiger partial charge in [-0.15, -0.1) is 0 Å². The fourth-order valence-electron chi connectivity index (χ4n) is 3.63. The van der Waals surface area contributed by atoms with Crippen LogP contribution < -0.4 is 5.73 Å². The highest BCUT2D eigenvalue weighted by molar-refractivity contribution is 4.81. The maximum Gasteiger partial charge on any atom is 0.00388 e. The quantitative estimate of drug-likeness (QED) is 0.160. The number of nitrogens with two attached hydrogens (primary N) is 1. The van der Waals surface area contributed by atoms with Gasteiger partial charge in [-0.25, -0.2) is 0 Å². The van der Waals surface area contributed by atoms with Gasteiger partial charge in [0.1, 0.15) is 0 Å². The Morgan fingerprint density at radius 3 is 1.27 bits per heavy atom. The first-order chi connectivity index (χ1) is 12.8. The molecule has 0 aromatic carbocycles. The molecular weight excluding hydrogens is 314 g/mol. The van der Waals surface area contributed by atoms with Crippen LogP contribution >= 0.6 is 0 Å². The molecule has 0 saturated carbocycles. The van der Waals surface area contributed by atoms with Crippen LogP contribution in [0.25, 0.3) is 0 Å². The number of unbranched alkanes of at least 4 members (excludes halogenated alkanes) is 15. The highest BCUT2D eigenvalue weighted by Crippen LogP contribution is 2.13. The van der Waals surface area contributed by atoms with Crippen LogP contribution in [-0.4, -0.2) is 6.04 Å². The Labute approximate surface area is 166 Å². The molecule has 0 aliphatic carbocycles. The van der Waals surface area contributed by atoms with Crippen LogP contribution in [0, 0.1) is 0 Å². The summed E-state index contributed by atoms with van der Waals surface area (Å²) in [5.74, 6) is 0. The smallest absolute Gasteiger partial charge is 0.00388 e. The van der Waals surface area contributed by atoms with Crippen molar-refractivity contribution in [2.24, 2.45) is 5.73 Å². The number of hydrogen-bond acceptors (Lipinski definition) is 1. The lowest BCUT2D eigenvalue weighted by molar-refractivity contribution is 0.486. The summed E-state index contributed by atoms with van der Waals surface area (Å²) >= 11 is 0. The van der Waals surface area contributed by atoms with Crippen molar-refractivity contribution in [3.8, 4) is 0 Å². The molecule has 0 fully saturated rings. The predicted molar refractivity (Wildman–Crippen MR) is 121 cm³/mol. The molecule has 156 valence electrons. The molecule has 0 rings (SSSR count). The first-order valence-electron chi connectivity index (χ1n) is 12.2. The van der Waals surface area contributed by atoms with Crippen molar-refractivity contribution in [1.82, 2.24) is 0 Å². The Balaban J connectivity index is 3.17. The number of rotatable bonds is 21. The highest BCUT2D eigenvalue weighted by atomic mass is 14.6. The third-order valence-electron chi connectivity index (χ3n) is 5.52. The van der Waals surface area contributed by atoms with Crippen LogP contribution in [0.4, 0.5) is 0 Å². The van der Waals surface area contributed by atoms with E-state index in [1.165, 1.54) is 128 Å². The Hall–Kier alpha value is -0.300. The van der Waals surface area contributed by atoms with Crippen LogP contribution in [0.2, 0.25) is 0 Å². The monoisotopic (exact) mass is 365 g/mol. The summed E-state index contributed by atoms with van der Waals surface area (Å²) in [5.41, 5.74) is 6.23. The van der Waals surface area contributed by atoms with Crippen molar-refractivity contribution in [2.45, 2.75) is 148 Å². The van der Waals surface area contributed by atoms with Gasteiger partial charge in [0.25, 0.3) is 0 Å². The molecule has 0 aliphatic heterocycles. The second-order valence-electron chi connectivity index (χ2n) is 8.34. The van der Waals surface area contributed by atoms with Crippen molar-refractivity contribution in [2.75, 3.05) is 0 Å². The van der Waals surface area contributed by atoms with Crippen molar-refractivity contribution >= 4 is 0 Å². The minimum atomic E-state index is 0.460. The summed E-state index contributed by atoms with van der Waals surface area (Å²) in [5, 5.41) is 0. The van der Waals surface area contributed by atoms with Gasteiger partial charge in [-0.3, -0.25) is 0 Å². The normalized spacial score (nSPS) is 12.9. The summed E-state index contributed by atoms with van der Waals surface area (Å²) in [6.07, 6.45) is 32.1. The SMILES string of the molecule is CCCCCCCC/C=C\CCCCCCCC(N)CCCCCCC. The van der Waals surface area contributed by atoms with E-state index in [2.05, 4.69) is 26.0 Å². The zero-order valence-corrected chi connectivity index (χ0v) is 18.5. The van der Waals surface area contributed by atoms with Crippen LogP contribution in [0.15, 0.2) is 12.2 Å². The molecular formula is C25H51N. The Bertz CT molecular complexity index is 271. The summed E-state index contributed by atoms with van der Waals surface area (Å²) in [6.45, 7) is 4.56. The molecule has 2 N–H and O–H groups in total. The summed E-state index contributed by atoms with van der Waals surface area (Å²) in [4.78, 5) is 0. The van der Waals surface area contributed by atoms with Gasteiger partial charge >= 0.3 is 0 Å². The molecule has 26 heavy (non-hydrogen) atoms. The fraction of sp³-hybridized carbons (Fsp3) is 0.920. The highest BCUT2D eigenvalue weighted by Gasteiger charge is 2.02. The molecule has 0 aliphatic rings.